The first-order valence-electron chi connectivity index (χ1n) is 11.5. The van der Waals surface area contributed by atoms with Crippen LogP contribution in [0.4, 0.5) is 20.3 Å². The van der Waals surface area contributed by atoms with Crippen molar-refractivity contribution < 1.29 is 18.7 Å². The van der Waals surface area contributed by atoms with Crippen LogP contribution in [0.25, 0.3) is 22.3 Å². The average molecular weight is 463 g/mol. The molecule has 2 aromatic carbocycles. The van der Waals surface area contributed by atoms with Crippen LogP contribution in [0.15, 0.2) is 48.7 Å². The maximum absolute atomic E-state index is 14.9. The molecular formula is C26H24F2N4O2. The number of carbonyl (C=O) groups is 1. The number of anilines is 2. The van der Waals surface area contributed by atoms with Crippen LogP contribution >= 0.6 is 0 Å². The molecule has 3 aliphatic heterocycles. The summed E-state index contributed by atoms with van der Waals surface area (Å²) in [4.78, 5) is 20.1. The van der Waals surface area contributed by atoms with Crippen LogP contribution < -0.4 is 15.1 Å². The van der Waals surface area contributed by atoms with E-state index >= 15 is 0 Å². The molecule has 0 radical (unpaired) electrons. The number of nitrogens with one attached hydrogen (secondary N) is 1. The fourth-order valence-corrected chi connectivity index (χ4v) is 5.22. The highest BCUT2D eigenvalue weighted by atomic mass is 19.1. The zero-order valence-corrected chi connectivity index (χ0v) is 18.5. The van der Waals surface area contributed by atoms with Crippen LogP contribution in [0.1, 0.15) is 12.8 Å². The molecule has 34 heavy (non-hydrogen) atoms. The van der Waals surface area contributed by atoms with E-state index in [1.807, 2.05) is 6.07 Å². The fraction of sp³-hybridized carbons (Fsp3) is 0.308. The summed E-state index contributed by atoms with van der Waals surface area (Å²) < 4.78 is 29.6. The first kappa shape index (κ1) is 21.0. The normalized spacial score (nSPS) is 18.8. The van der Waals surface area contributed by atoms with Crippen molar-refractivity contribution in [1.29, 1.82) is 0 Å². The van der Waals surface area contributed by atoms with E-state index in [2.05, 4.69) is 15.2 Å². The summed E-state index contributed by atoms with van der Waals surface area (Å²) >= 11 is 0. The standard InChI is InChI=1S/C26H24F2N4O2/c27-18-10-19(16-3-4-22(21(28)8-16)32-7-1-2-24(32)33)25(34)20(11-18)17-5-6-30-23(9-17)31-14-26(15-31)12-29-13-26/h3-6,8-11,29,34H,1-2,7,12-15H2. The highest BCUT2D eigenvalue weighted by molar-refractivity contribution is 5.96. The number of aromatic hydroxyl groups is 1. The molecular weight excluding hydrogens is 438 g/mol. The summed E-state index contributed by atoms with van der Waals surface area (Å²) in [5, 5.41) is 14.4. The molecule has 0 bridgehead atoms. The minimum Gasteiger partial charge on any atom is -0.507 e. The molecule has 3 saturated heterocycles. The van der Waals surface area contributed by atoms with Gasteiger partial charge >= 0.3 is 0 Å². The smallest absolute Gasteiger partial charge is 0.227 e. The van der Waals surface area contributed by atoms with Crippen LogP contribution in [0.3, 0.4) is 0 Å². The van der Waals surface area contributed by atoms with E-state index in [1.54, 1.807) is 18.3 Å². The molecule has 8 heteroatoms. The molecule has 3 aliphatic rings. The van der Waals surface area contributed by atoms with Crippen molar-refractivity contribution in [3.05, 3.63) is 60.3 Å². The van der Waals surface area contributed by atoms with Gasteiger partial charge in [-0.05, 0) is 53.9 Å². The molecule has 0 aliphatic carbocycles. The van der Waals surface area contributed by atoms with Gasteiger partial charge in [0, 0.05) is 61.9 Å². The first-order chi connectivity index (χ1) is 16.4. The lowest BCUT2D eigenvalue weighted by Gasteiger charge is -2.56. The molecule has 0 saturated carbocycles. The minimum atomic E-state index is -0.582. The monoisotopic (exact) mass is 462 g/mol. The quantitative estimate of drug-likeness (QED) is 0.615. The second-order valence-electron chi connectivity index (χ2n) is 9.53. The maximum Gasteiger partial charge on any atom is 0.227 e. The molecule has 3 fully saturated rings. The molecule has 174 valence electrons. The van der Waals surface area contributed by atoms with E-state index in [-0.39, 0.29) is 22.9 Å². The summed E-state index contributed by atoms with van der Waals surface area (Å²) in [6, 6.07) is 10.4. The molecule has 1 spiro atoms. The SMILES string of the molecule is O=C1CCCN1c1ccc(-c2cc(F)cc(-c3ccnc(N4CC5(CNC5)C4)c3)c2O)cc1F. The lowest BCUT2D eigenvalue weighted by atomic mass is 9.74. The first-order valence-corrected chi connectivity index (χ1v) is 11.5. The Kier molecular flexibility index (Phi) is 4.81. The number of aromatic nitrogens is 1. The number of hydrogen-bond donors (Lipinski definition) is 2. The van der Waals surface area contributed by atoms with Gasteiger partial charge in [0.2, 0.25) is 5.91 Å². The largest absolute Gasteiger partial charge is 0.507 e. The van der Waals surface area contributed by atoms with Crippen LogP contribution in [0, 0.1) is 17.0 Å². The molecule has 0 unspecified atom stereocenters. The molecule has 6 nitrogen and oxygen atoms in total. The van der Waals surface area contributed by atoms with Gasteiger partial charge in [-0.15, -0.1) is 0 Å². The number of carbonyl (C=O) groups excluding carboxylic acids is 1. The minimum absolute atomic E-state index is 0.113. The molecule has 2 N–H and O–H groups in total. The van der Waals surface area contributed by atoms with Crippen molar-refractivity contribution in [3.63, 3.8) is 0 Å². The van der Waals surface area contributed by atoms with Gasteiger partial charge in [0.25, 0.3) is 0 Å². The van der Waals surface area contributed by atoms with Crippen molar-refractivity contribution in [1.82, 2.24) is 10.3 Å². The van der Waals surface area contributed by atoms with Gasteiger partial charge in [-0.3, -0.25) is 4.79 Å². The van der Waals surface area contributed by atoms with E-state index in [9.17, 15) is 18.7 Å². The molecule has 3 aromatic rings. The lowest BCUT2D eigenvalue weighted by molar-refractivity contribution is -0.117. The number of amides is 1. The molecule has 1 aromatic heterocycles. The molecule has 1 amide bonds. The van der Waals surface area contributed by atoms with Crippen molar-refractivity contribution in [2.24, 2.45) is 5.41 Å². The van der Waals surface area contributed by atoms with Crippen molar-refractivity contribution in [2.75, 3.05) is 42.5 Å². The van der Waals surface area contributed by atoms with Gasteiger partial charge in [-0.25, -0.2) is 13.8 Å². The highest BCUT2D eigenvalue weighted by Gasteiger charge is 2.47. The number of hydrogen-bond acceptors (Lipinski definition) is 5. The number of benzene rings is 2. The third-order valence-corrected chi connectivity index (χ3v) is 7.13. The van der Waals surface area contributed by atoms with Crippen molar-refractivity contribution in [2.45, 2.75) is 12.8 Å². The van der Waals surface area contributed by atoms with Gasteiger partial charge in [-0.2, -0.15) is 0 Å². The third-order valence-electron chi connectivity index (χ3n) is 7.13. The Morgan fingerprint density at radius 1 is 1.00 bits per heavy atom. The summed E-state index contributed by atoms with van der Waals surface area (Å²) in [5.74, 6) is -0.583. The number of rotatable bonds is 4. The zero-order valence-electron chi connectivity index (χ0n) is 18.5. The fourth-order valence-electron chi connectivity index (χ4n) is 5.22. The predicted molar refractivity (Wildman–Crippen MR) is 126 cm³/mol. The molecule has 6 rings (SSSR count). The summed E-state index contributed by atoms with van der Waals surface area (Å²) in [6.45, 7) is 4.34. The topological polar surface area (TPSA) is 68.7 Å². The number of halogens is 2. The Bertz CT molecular complexity index is 1300. The van der Waals surface area contributed by atoms with Crippen molar-refractivity contribution >= 4 is 17.4 Å². The third kappa shape index (κ3) is 3.40. The van der Waals surface area contributed by atoms with Gasteiger partial charge in [0.15, 0.2) is 0 Å². The van der Waals surface area contributed by atoms with E-state index in [1.165, 1.54) is 29.2 Å². The van der Waals surface area contributed by atoms with E-state index in [0.717, 1.165) is 32.0 Å². The maximum atomic E-state index is 14.9. The van der Waals surface area contributed by atoms with Gasteiger partial charge in [-0.1, -0.05) is 6.07 Å². The van der Waals surface area contributed by atoms with Crippen molar-refractivity contribution in [3.8, 4) is 28.0 Å². The Morgan fingerprint density at radius 3 is 2.35 bits per heavy atom. The lowest BCUT2D eigenvalue weighted by Crippen LogP contribution is -2.71. The van der Waals surface area contributed by atoms with E-state index in [0.29, 0.717) is 41.5 Å². The van der Waals surface area contributed by atoms with Crippen LogP contribution in [-0.4, -0.2) is 48.7 Å². The number of phenolic OH excluding ortho intramolecular Hbond substituents is 1. The molecule has 0 atom stereocenters. The summed E-state index contributed by atoms with van der Waals surface area (Å²) in [6.07, 6.45) is 2.75. The Labute approximate surface area is 195 Å². The number of nitrogens with zero attached hydrogens (tertiary/aromatic N) is 3. The van der Waals surface area contributed by atoms with Crippen LogP contribution in [0.2, 0.25) is 0 Å². The second kappa shape index (κ2) is 7.77. The molecule has 4 heterocycles. The van der Waals surface area contributed by atoms with Crippen LogP contribution in [0.5, 0.6) is 5.75 Å². The highest BCUT2D eigenvalue weighted by Crippen LogP contribution is 2.42. The Hall–Kier alpha value is -3.52. The van der Waals surface area contributed by atoms with Crippen LogP contribution in [-0.2, 0) is 4.79 Å². The average Bonchev–Trinajstić information content (AvgIpc) is 3.19. The Morgan fingerprint density at radius 2 is 1.74 bits per heavy atom. The van der Waals surface area contributed by atoms with Gasteiger partial charge in [0.05, 0.1) is 5.69 Å². The zero-order chi connectivity index (χ0) is 23.4. The van der Waals surface area contributed by atoms with E-state index < -0.39 is 11.6 Å². The summed E-state index contributed by atoms with van der Waals surface area (Å²) in [5.41, 5.74) is 2.02. The number of phenols is 1. The van der Waals surface area contributed by atoms with Gasteiger partial charge < -0.3 is 20.2 Å². The summed E-state index contributed by atoms with van der Waals surface area (Å²) in [7, 11) is 0. The van der Waals surface area contributed by atoms with Gasteiger partial charge in [0.1, 0.15) is 23.2 Å². The van der Waals surface area contributed by atoms with E-state index in [4.69, 9.17) is 0 Å². The predicted octanol–water partition coefficient (Wildman–Crippen LogP) is 3.94. The Balaban J connectivity index is 1.33. The number of pyridine rings is 1. The second-order valence-corrected chi connectivity index (χ2v) is 9.53.